The van der Waals surface area contributed by atoms with Gasteiger partial charge in [0.25, 0.3) is 0 Å². The highest BCUT2D eigenvalue weighted by atomic mass is 15.3. The molecule has 0 saturated carbocycles. The van der Waals surface area contributed by atoms with E-state index in [4.69, 9.17) is 0 Å². The first kappa shape index (κ1) is 12.0. The first-order chi connectivity index (χ1) is 6.81. The third-order valence-electron chi connectivity index (χ3n) is 3.50. The van der Waals surface area contributed by atoms with Gasteiger partial charge in [-0.1, -0.05) is 20.8 Å². The van der Waals surface area contributed by atoms with Crippen molar-refractivity contribution >= 4 is 0 Å². The predicted molar refractivity (Wildman–Crippen MR) is 62.7 cm³/mol. The van der Waals surface area contributed by atoms with E-state index in [-0.39, 0.29) is 0 Å². The Balaban J connectivity index is 0.000000461. The van der Waals surface area contributed by atoms with E-state index in [1.165, 1.54) is 38.9 Å². The highest BCUT2D eigenvalue weighted by molar-refractivity contribution is 4.91. The fraction of sp³-hybridized carbons (Fsp3) is 1.00. The molecule has 14 heavy (non-hydrogen) atoms. The second-order valence-corrected chi connectivity index (χ2v) is 4.29. The standard InChI is InChI=1S/C10H20N2.C2H6/c1-3-9-4-5-10-8-11(2)6-7-12(9)10;1-2/h9-10H,3-8H2,1-2H3;1-2H3. The maximum atomic E-state index is 2.74. The summed E-state index contributed by atoms with van der Waals surface area (Å²) in [5.74, 6) is 0. The minimum Gasteiger partial charge on any atom is -0.304 e. The van der Waals surface area contributed by atoms with Gasteiger partial charge in [0.1, 0.15) is 0 Å². The molecule has 84 valence electrons. The van der Waals surface area contributed by atoms with Gasteiger partial charge in [-0.25, -0.2) is 0 Å². The molecule has 0 aromatic heterocycles. The van der Waals surface area contributed by atoms with Crippen LogP contribution >= 0.6 is 0 Å². The number of nitrogens with zero attached hydrogens (tertiary/aromatic N) is 2. The van der Waals surface area contributed by atoms with Crippen LogP contribution in [0.5, 0.6) is 0 Å². The van der Waals surface area contributed by atoms with E-state index in [2.05, 4.69) is 23.8 Å². The molecule has 2 saturated heterocycles. The molecule has 2 unspecified atom stereocenters. The quantitative estimate of drug-likeness (QED) is 0.637. The molecular weight excluding hydrogens is 172 g/mol. The number of piperazine rings is 1. The van der Waals surface area contributed by atoms with Crippen molar-refractivity contribution in [3.63, 3.8) is 0 Å². The van der Waals surface area contributed by atoms with E-state index in [1.54, 1.807) is 0 Å². The zero-order chi connectivity index (χ0) is 10.6. The first-order valence-corrected chi connectivity index (χ1v) is 6.25. The van der Waals surface area contributed by atoms with Gasteiger partial charge in [0.2, 0.25) is 0 Å². The maximum absolute atomic E-state index is 2.74. The summed E-state index contributed by atoms with van der Waals surface area (Å²) in [4.78, 5) is 5.21. The van der Waals surface area contributed by atoms with Gasteiger partial charge in [0.05, 0.1) is 0 Å². The zero-order valence-corrected chi connectivity index (χ0v) is 10.3. The number of likely N-dealkylation sites (N-methyl/N-ethyl adjacent to an activating group) is 1. The van der Waals surface area contributed by atoms with Crippen LogP contribution in [0.25, 0.3) is 0 Å². The van der Waals surface area contributed by atoms with E-state index in [1.807, 2.05) is 13.8 Å². The molecule has 2 nitrogen and oxygen atoms in total. The Kier molecular flexibility index (Phi) is 4.90. The van der Waals surface area contributed by atoms with Crippen molar-refractivity contribution < 1.29 is 0 Å². The second-order valence-electron chi connectivity index (χ2n) is 4.29. The molecule has 0 N–H and O–H groups in total. The summed E-state index contributed by atoms with van der Waals surface area (Å²) >= 11 is 0. The summed E-state index contributed by atoms with van der Waals surface area (Å²) in [5, 5.41) is 0. The molecule has 2 heteroatoms. The number of hydrogen-bond acceptors (Lipinski definition) is 2. The average molecular weight is 198 g/mol. The van der Waals surface area contributed by atoms with Gasteiger partial charge in [-0.05, 0) is 26.3 Å². The van der Waals surface area contributed by atoms with Crippen LogP contribution in [0.3, 0.4) is 0 Å². The molecule has 0 spiro atoms. The van der Waals surface area contributed by atoms with Crippen LogP contribution in [0.1, 0.15) is 40.0 Å². The van der Waals surface area contributed by atoms with Gasteiger partial charge in [-0.2, -0.15) is 0 Å². The molecule has 2 heterocycles. The van der Waals surface area contributed by atoms with E-state index in [0.29, 0.717) is 0 Å². The van der Waals surface area contributed by atoms with Crippen LogP contribution in [-0.2, 0) is 0 Å². The molecule has 0 bridgehead atoms. The van der Waals surface area contributed by atoms with Crippen LogP contribution < -0.4 is 0 Å². The molecule has 0 aliphatic carbocycles. The summed E-state index contributed by atoms with van der Waals surface area (Å²) < 4.78 is 0. The van der Waals surface area contributed by atoms with Gasteiger partial charge in [0.15, 0.2) is 0 Å². The molecule has 2 rings (SSSR count). The monoisotopic (exact) mass is 198 g/mol. The predicted octanol–water partition coefficient (Wildman–Crippen LogP) is 2.20. The highest BCUT2D eigenvalue weighted by Crippen LogP contribution is 2.28. The van der Waals surface area contributed by atoms with Gasteiger partial charge >= 0.3 is 0 Å². The highest BCUT2D eigenvalue weighted by Gasteiger charge is 2.34. The van der Waals surface area contributed by atoms with Crippen molar-refractivity contribution in [1.29, 1.82) is 0 Å². The molecular formula is C12H26N2. The summed E-state index contributed by atoms with van der Waals surface area (Å²) in [6.07, 6.45) is 4.22. The van der Waals surface area contributed by atoms with Crippen molar-refractivity contribution in [2.75, 3.05) is 26.7 Å². The van der Waals surface area contributed by atoms with E-state index < -0.39 is 0 Å². The smallest absolute Gasteiger partial charge is 0.0227 e. The molecule has 2 fully saturated rings. The van der Waals surface area contributed by atoms with Crippen molar-refractivity contribution in [2.24, 2.45) is 0 Å². The Bertz CT molecular complexity index is 158. The fourth-order valence-corrected chi connectivity index (χ4v) is 2.75. The number of rotatable bonds is 1. The van der Waals surface area contributed by atoms with Crippen LogP contribution in [0.15, 0.2) is 0 Å². The molecule has 0 amide bonds. The minimum absolute atomic E-state index is 0.883. The van der Waals surface area contributed by atoms with E-state index in [9.17, 15) is 0 Å². The molecule has 2 atom stereocenters. The van der Waals surface area contributed by atoms with Crippen LogP contribution in [0, 0.1) is 0 Å². The van der Waals surface area contributed by atoms with Gasteiger partial charge in [0, 0.05) is 31.7 Å². The lowest BCUT2D eigenvalue weighted by Gasteiger charge is -2.38. The third-order valence-corrected chi connectivity index (χ3v) is 3.50. The summed E-state index contributed by atoms with van der Waals surface area (Å²) in [6.45, 7) is 10.2. The van der Waals surface area contributed by atoms with Gasteiger partial charge in [-0.15, -0.1) is 0 Å². The van der Waals surface area contributed by atoms with Crippen molar-refractivity contribution in [2.45, 2.75) is 52.1 Å². The molecule has 2 aliphatic heterocycles. The van der Waals surface area contributed by atoms with Crippen LogP contribution in [0.4, 0.5) is 0 Å². The Morgan fingerprint density at radius 3 is 2.50 bits per heavy atom. The first-order valence-electron chi connectivity index (χ1n) is 6.25. The lowest BCUT2D eigenvalue weighted by atomic mass is 10.1. The molecule has 0 aromatic rings. The Morgan fingerprint density at radius 2 is 1.86 bits per heavy atom. The minimum atomic E-state index is 0.883. The third kappa shape index (κ3) is 2.48. The van der Waals surface area contributed by atoms with Crippen LogP contribution in [-0.4, -0.2) is 48.6 Å². The largest absolute Gasteiger partial charge is 0.304 e. The zero-order valence-electron chi connectivity index (χ0n) is 10.3. The molecule has 0 aromatic carbocycles. The lowest BCUT2D eigenvalue weighted by molar-refractivity contribution is 0.0924. The maximum Gasteiger partial charge on any atom is 0.0227 e. The molecule has 0 radical (unpaired) electrons. The summed E-state index contributed by atoms with van der Waals surface area (Å²) in [7, 11) is 2.25. The Hall–Kier alpha value is -0.0800. The SMILES string of the molecule is CC.CCC1CCC2CN(C)CCN12. The lowest BCUT2D eigenvalue weighted by Crippen LogP contribution is -2.50. The number of fused-ring (bicyclic) bond motifs is 1. The summed E-state index contributed by atoms with van der Waals surface area (Å²) in [6, 6.07) is 1.79. The molecule has 2 aliphatic rings. The fourth-order valence-electron chi connectivity index (χ4n) is 2.75. The Morgan fingerprint density at radius 1 is 1.14 bits per heavy atom. The second kappa shape index (κ2) is 5.72. The van der Waals surface area contributed by atoms with E-state index in [0.717, 1.165) is 12.1 Å². The Labute approximate surface area is 89.3 Å². The van der Waals surface area contributed by atoms with Crippen LogP contribution in [0.2, 0.25) is 0 Å². The van der Waals surface area contributed by atoms with Gasteiger partial charge < -0.3 is 4.90 Å². The number of hydrogen-bond donors (Lipinski definition) is 0. The van der Waals surface area contributed by atoms with Gasteiger partial charge in [-0.3, -0.25) is 4.90 Å². The summed E-state index contributed by atoms with van der Waals surface area (Å²) in [5.41, 5.74) is 0. The van der Waals surface area contributed by atoms with E-state index >= 15 is 0 Å². The van der Waals surface area contributed by atoms with Crippen molar-refractivity contribution in [3.05, 3.63) is 0 Å². The topological polar surface area (TPSA) is 6.48 Å². The van der Waals surface area contributed by atoms with Crippen molar-refractivity contribution in [1.82, 2.24) is 9.80 Å². The normalized spacial score (nSPS) is 33.4. The van der Waals surface area contributed by atoms with Crippen molar-refractivity contribution in [3.8, 4) is 0 Å². The average Bonchev–Trinajstić information content (AvgIpc) is 2.62.